The zero-order valence-corrected chi connectivity index (χ0v) is 16.6. The molecule has 1 aliphatic heterocycles. The van der Waals surface area contributed by atoms with E-state index in [9.17, 15) is 4.79 Å². The third kappa shape index (κ3) is 5.44. The molecule has 1 aliphatic rings. The Bertz CT molecular complexity index is 771. The van der Waals surface area contributed by atoms with Gasteiger partial charge in [0.2, 0.25) is 0 Å². The van der Waals surface area contributed by atoms with Crippen LogP contribution in [0.4, 0.5) is 0 Å². The first-order valence-electron chi connectivity index (χ1n) is 9.42. The molecule has 0 unspecified atom stereocenters. The molecule has 0 atom stereocenters. The Morgan fingerprint density at radius 1 is 1.30 bits per heavy atom. The Balaban J connectivity index is 1.49. The quantitative estimate of drug-likeness (QED) is 0.818. The molecule has 1 fully saturated rings. The van der Waals surface area contributed by atoms with E-state index < -0.39 is 0 Å². The van der Waals surface area contributed by atoms with Gasteiger partial charge in [-0.3, -0.25) is 14.7 Å². The van der Waals surface area contributed by atoms with Crippen LogP contribution in [0.1, 0.15) is 41.4 Å². The molecule has 6 heteroatoms. The average molecular weight is 388 g/mol. The summed E-state index contributed by atoms with van der Waals surface area (Å²) in [7, 11) is 0. The lowest BCUT2D eigenvalue weighted by Crippen LogP contribution is -2.44. The number of piperidine rings is 1. The molecule has 0 aliphatic carbocycles. The van der Waals surface area contributed by atoms with Gasteiger partial charge in [-0.2, -0.15) is 0 Å². The smallest absolute Gasteiger partial charge is 0.253 e. The van der Waals surface area contributed by atoms with Crippen molar-refractivity contribution in [3.05, 3.63) is 58.4 Å². The van der Waals surface area contributed by atoms with E-state index in [-0.39, 0.29) is 11.9 Å². The van der Waals surface area contributed by atoms with Gasteiger partial charge in [-0.1, -0.05) is 17.7 Å². The SMILES string of the molecule is CCOc1cc(CN2CCC(NC(=O)c3ccc(C)nc3)CC2)ccc1Cl. The maximum atomic E-state index is 12.3. The van der Waals surface area contributed by atoms with Gasteiger partial charge in [-0.15, -0.1) is 0 Å². The van der Waals surface area contributed by atoms with Crippen LogP contribution in [0.15, 0.2) is 36.5 Å². The standard InChI is InChI=1S/C21H26ClN3O2/c1-3-27-20-12-16(5-7-19(20)22)14-25-10-8-18(9-11-25)24-21(26)17-6-4-15(2)23-13-17/h4-7,12-13,18H,3,8-11,14H2,1-2H3,(H,24,26). The van der Waals surface area contributed by atoms with Crippen LogP contribution >= 0.6 is 11.6 Å². The maximum absolute atomic E-state index is 12.3. The van der Waals surface area contributed by atoms with Gasteiger partial charge in [0.1, 0.15) is 5.75 Å². The summed E-state index contributed by atoms with van der Waals surface area (Å²) < 4.78 is 5.57. The van der Waals surface area contributed by atoms with Gasteiger partial charge in [0.25, 0.3) is 5.91 Å². The van der Waals surface area contributed by atoms with Gasteiger partial charge in [0.05, 0.1) is 17.2 Å². The molecular weight excluding hydrogens is 362 g/mol. The van der Waals surface area contributed by atoms with E-state index in [1.807, 2.05) is 44.2 Å². The number of pyridine rings is 1. The lowest BCUT2D eigenvalue weighted by atomic mass is 10.0. The second-order valence-corrected chi connectivity index (χ2v) is 7.32. The van der Waals surface area contributed by atoms with Crippen molar-refractivity contribution in [3.8, 4) is 5.75 Å². The minimum Gasteiger partial charge on any atom is -0.492 e. The second kappa shape index (κ2) is 9.20. The van der Waals surface area contributed by atoms with Crippen LogP contribution < -0.4 is 10.1 Å². The Hall–Kier alpha value is -2.11. The van der Waals surface area contributed by atoms with Crippen molar-refractivity contribution in [2.45, 2.75) is 39.3 Å². The van der Waals surface area contributed by atoms with E-state index in [1.54, 1.807) is 6.20 Å². The maximum Gasteiger partial charge on any atom is 0.253 e. The number of nitrogens with zero attached hydrogens (tertiary/aromatic N) is 2. The van der Waals surface area contributed by atoms with E-state index in [1.165, 1.54) is 5.56 Å². The van der Waals surface area contributed by atoms with E-state index >= 15 is 0 Å². The first-order valence-corrected chi connectivity index (χ1v) is 9.80. The highest BCUT2D eigenvalue weighted by Gasteiger charge is 2.21. The fourth-order valence-electron chi connectivity index (χ4n) is 3.28. The predicted octanol–water partition coefficient (Wildman–Crippen LogP) is 3.84. The van der Waals surface area contributed by atoms with Crippen LogP contribution in [0.5, 0.6) is 5.75 Å². The summed E-state index contributed by atoms with van der Waals surface area (Å²) >= 11 is 6.16. The van der Waals surface area contributed by atoms with Crippen molar-refractivity contribution < 1.29 is 9.53 Å². The minimum absolute atomic E-state index is 0.0417. The van der Waals surface area contributed by atoms with Gasteiger partial charge in [-0.05, 0) is 56.5 Å². The molecule has 1 aromatic heterocycles. The molecule has 0 spiro atoms. The number of rotatable bonds is 6. The molecule has 0 bridgehead atoms. The molecule has 5 nitrogen and oxygen atoms in total. The first-order chi connectivity index (χ1) is 13.0. The van der Waals surface area contributed by atoms with Crippen LogP contribution in [0, 0.1) is 6.92 Å². The molecule has 3 rings (SSSR count). The summed E-state index contributed by atoms with van der Waals surface area (Å²) in [6.45, 7) is 7.22. The topological polar surface area (TPSA) is 54.5 Å². The van der Waals surface area contributed by atoms with Crippen LogP contribution in [-0.2, 0) is 6.54 Å². The number of halogens is 1. The number of aromatic nitrogens is 1. The summed E-state index contributed by atoms with van der Waals surface area (Å²) in [5.74, 6) is 0.700. The third-order valence-corrected chi connectivity index (χ3v) is 5.11. The van der Waals surface area contributed by atoms with Crippen molar-refractivity contribution in [1.29, 1.82) is 0 Å². The number of hydrogen-bond donors (Lipinski definition) is 1. The van der Waals surface area contributed by atoms with Gasteiger partial charge < -0.3 is 10.1 Å². The largest absolute Gasteiger partial charge is 0.492 e. The number of benzene rings is 1. The summed E-state index contributed by atoms with van der Waals surface area (Å²) in [5, 5.41) is 3.78. The number of ether oxygens (including phenoxy) is 1. The van der Waals surface area contributed by atoms with Gasteiger partial charge in [-0.25, -0.2) is 0 Å². The second-order valence-electron chi connectivity index (χ2n) is 6.91. The lowest BCUT2D eigenvalue weighted by molar-refractivity contribution is 0.0908. The highest BCUT2D eigenvalue weighted by molar-refractivity contribution is 6.32. The van der Waals surface area contributed by atoms with Crippen molar-refractivity contribution in [1.82, 2.24) is 15.2 Å². The van der Waals surface area contributed by atoms with Crippen LogP contribution in [0.2, 0.25) is 5.02 Å². The lowest BCUT2D eigenvalue weighted by Gasteiger charge is -2.32. The number of likely N-dealkylation sites (tertiary alicyclic amines) is 1. The highest BCUT2D eigenvalue weighted by atomic mass is 35.5. The van der Waals surface area contributed by atoms with E-state index in [4.69, 9.17) is 16.3 Å². The molecule has 2 aromatic rings. The van der Waals surface area contributed by atoms with Gasteiger partial charge in [0.15, 0.2) is 0 Å². The van der Waals surface area contributed by atoms with E-state index in [0.717, 1.165) is 43.9 Å². The summed E-state index contributed by atoms with van der Waals surface area (Å²) in [6, 6.07) is 9.85. The number of amides is 1. The molecule has 27 heavy (non-hydrogen) atoms. The average Bonchev–Trinajstić information content (AvgIpc) is 2.67. The molecule has 0 radical (unpaired) electrons. The summed E-state index contributed by atoms with van der Waals surface area (Å²) in [6.07, 6.45) is 3.52. The van der Waals surface area contributed by atoms with E-state index in [2.05, 4.69) is 15.2 Å². The molecular formula is C21H26ClN3O2. The number of carbonyl (C=O) groups is 1. The normalized spacial score (nSPS) is 15.5. The number of carbonyl (C=O) groups excluding carboxylic acids is 1. The molecule has 2 heterocycles. The monoisotopic (exact) mass is 387 g/mol. The molecule has 1 N–H and O–H groups in total. The van der Waals surface area contributed by atoms with Gasteiger partial charge in [0, 0.05) is 37.6 Å². The van der Waals surface area contributed by atoms with Gasteiger partial charge >= 0.3 is 0 Å². The molecule has 1 saturated heterocycles. The third-order valence-electron chi connectivity index (χ3n) is 4.80. The van der Waals surface area contributed by atoms with Crippen LogP contribution in [0.3, 0.4) is 0 Å². The Labute approximate surface area is 165 Å². The van der Waals surface area contributed by atoms with Crippen molar-refractivity contribution in [3.63, 3.8) is 0 Å². The van der Waals surface area contributed by atoms with Crippen LogP contribution in [-0.4, -0.2) is 41.5 Å². The fourth-order valence-corrected chi connectivity index (χ4v) is 3.45. The number of hydrogen-bond acceptors (Lipinski definition) is 4. The Morgan fingerprint density at radius 2 is 2.07 bits per heavy atom. The van der Waals surface area contributed by atoms with Crippen molar-refractivity contribution >= 4 is 17.5 Å². The fraction of sp³-hybridized carbons (Fsp3) is 0.429. The van der Waals surface area contributed by atoms with Crippen molar-refractivity contribution in [2.75, 3.05) is 19.7 Å². The first kappa shape index (κ1) is 19.6. The Morgan fingerprint density at radius 3 is 2.74 bits per heavy atom. The van der Waals surface area contributed by atoms with Crippen LogP contribution in [0.25, 0.3) is 0 Å². The molecule has 144 valence electrons. The summed E-state index contributed by atoms with van der Waals surface area (Å²) in [4.78, 5) is 18.9. The van der Waals surface area contributed by atoms with E-state index in [0.29, 0.717) is 17.2 Å². The van der Waals surface area contributed by atoms with Crippen molar-refractivity contribution in [2.24, 2.45) is 0 Å². The number of aryl methyl sites for hydroxylation is 1. The Kier molecular flexibility index (Phi) is 6.69. The molecule has 0 saturated carbocycles. The molecule has 1 amide bonds. The number of nitrogens with one attached hydrogen (secondary N) is 1. The minimum atomic E-state index is -0.0417. The predicted molar refractivity (Wildman–Crippen MR) is 107 cm³/mol. The zero-order chi connectivity index (χ0) is 19.2. The zero-order valence-electron chi connectivity index (χ0n) is 15.9. The summed E-state index contributed by atoms with van der Waals surface area (Å²) in [5.41, 5.74) is 2.72. The molecule has 1 aromatic carbocycles. The highest BCUT2D eigenvalue weighted by Crippen LogP contribution is 2.26.